The molecule has 2 fully saturated rings. The molecule has 30 nitrogen and oxygen atoms in total. The molecule has 95 heavy (non-hydrogen) atoms. The van der Waals surface area contributed by atoms with Gasteiger partial charge < -0.3 is 97.5 Å². The fraction of sp³-hybridized carbons (Fsp3) is 0.875. The van der Waals surface area contributed by atoms with Gasteiger partial charge in [0.15, 0.2) is 6.29 Å². The number of unbranched alkanes of at least 4 members (excludes halogenated alkanes) is 11. The molecule has 2 heterocycles. The maximum absolute atomic E-state index is 13.7. The maximum Gasteiger partial charge on any atom is 0.457 e. The first-order valence-corrected chi connectivity index (χ1v) is 36.2. The number of carbonyl (C=O) groups is 7. The van der Waals surface area contributed by atoms with Crippen molar-refractivity contribution < 1.29 is 86.2 Å². The second-order valence-corrected chi connectivity index (χ2v) is 27.3. The van der Waals surface area contributed by atoms with E-state index in [-0.39, 0.29) is 126 Å². The van der Waals surface area contributed by atoms with Gasteiger partial charge >= 0.3 is 7.75 Å². The lowest BCUT2D eigenvalue weighted by Crippen LogP contribution is -2.64. The summed E-state index contributed by atoms with van der Waals surface area (Å²) >= 11 is 0. The van der Waals surface area contributed by atoms with Crippen LogP contribution in [0.5, 0.6) is 0 Å². The standard InChI is InChI=1S/C64H123N12O18P/c1-49(2)93-95(87,94-63(4,5)6)74-62-75(7)39-40-76(62)38-20-15-14-19-33-67-52(79)25-16-12-10-8-9-11-13-17-27-57(84)73-64(46-88-42-28-54(81)68-34-22-31-65,47-89-43-29-55(82)69-35-23-32-66)48-90-44-30-56(83)71-37-24-36-70-53(80)26-18-21-41-91-61-58(72-50(3)78)60(86)59(85)51(45-77)92-61/h49,51,58-61,77,85-86H,8-48,65-66H2,1-7H3,(H,67,79)(H,68,81)(H,69,82)(H,70,80)(H,71,83)(H,72,78)(H,73,84)/t51?,58?,59-,60?,61+,95?/m0/s1. The van der Waals surface area contributed by atoms with E-state index in [2.05, 4.69) is 46.9 Å². The van der Waals surface area contributed by atoms with Crippen LogP contribution >= 0.6 is 7.75 Å². The molecule has 2 aliphatic rings. The van der Waals surface area contributed by atoms with Gasteiger partial charge in [0, 0.05) is 111 Å². The molecule has 0 bridgehead atoms. The number of nitrogens with one attached hydrogen (secondary N) is 7. The van der Waals surface area contributed by atoms with E-state index in [0.29, 0.717) is 90.2 Å². The molecule has 4 unspecified atom stereocenters. The number of guanidine groups is 1. The van der Waals surface area contributed by atoms with Gasteiger partial charge in [-0.25, -0.2) is 4.57 Å². The topological polar surface area (TPSA) is 417 Å². The molecular formula is C64H123N12O18P. The van der Waals surface area contributed by atoms with Crippen LogP contribution in [0.15, 0.2) is 4.76 Å². The number of aliphatic hydroxyl groups excluding tert-OH is 3. The number of nitrogens with zero attached hydrogens (tertiary/aromatic N) is 3. The molecule has 14 N–H and O–H groups in total. The molecule has 0 saturated carbocycles. The molecule has 0 radical (unpaired) electrons. The summed E-state index contributed by atoms with van der Waals surface area (Å²) in [4.78, 5) is 92.5. The van der Waals surface area contributed by atoms with E-state index in [9.17, 15) is 53.4 Å². The van der Waals surface area contributed by atoms with Crippen LogP contribution in [-0.2, 0) is 70.9 Å². The van der Waals surface area contributed by atoms with Crippen molar-refractivity contribution >= 4 is 55.1 Å². The SMILES string of the molecule is CC(=O)NC1C(O)[C@@H](O)C(CO)O[C@H]1OCCCCC(=O)NCCCNC(=O)CCOCC(COCCC(=O)NCCCN)(COCCC(=O)NCCCN)NC(=O)CCCCCCCCCCC(=O)NCCCCCCN1CCN(C)C1=NP(=O)(OC(C)C)OC(C)(C)C. The lowest BCUT2D eigenvalue weighted by molar-refractivity contribution is -0.270. The van der Waals surface area contributed by atoms with Crippen molar-refractivity contribution in [3.05, 3.63) is 0 Å². The van der Waals surface area contributed by atoms with E-state index in [1.807, 2.05) is 46.6 Å². The summed E-state index contributed by atoms with van der Waals surface area (Å²) in [6, 6.07) is -1.06. The molecule has 31 heteroatoms. The smallest absolute Gasteiger partial charge is 0.394 e. The van der Waals surface area contributed by atoms with E-state index in [1.165, 1.54) is 6.92 Å². The zero-order chi connectivity index (χ0) is 70.3. The Kier molecular flexibility index (Phi) is 46.0. The van der Waals surface area contributed by atoms with Crippen molar-refractivity contribution in [3.8, 4) is 0 Å². The number of ether oxygens (including phenoxy) is 5. The zero-order valence-electron chi connectivity index (χ0n) is 58.4. The first-order chi connectivity index (χ1) is 45.3. The molecule has 2 saturated heterocycles. The number of aliphatic hydroxyl groups is 3. The van der Waals surface area contributed by atoms with Crippen molar-refractivity contribution in [2.24, 2.45) is 16.2 Å². The summed E-state index contributed by atoms with van der Waals surface area (Å²) < 4.78 is 59.1. The molecule has 2 rings (SSSR count). The number of amides is 7. The Bertz CT molecular complexity index is 2220. The van der Waals surface area contributed by atoms with E-state index in [4.69, 9.17) is 44.2 Å². The summed E-state index contributed by atoms with van der Waals surface area (Å²) in [5, 5.41) is 50.1. The predicted molar refractivity (Wildman–Crippen MR) is 360 cm³/mol. The third-order valence-corrected chi connectivity index (χ3v) is 17.1. The molecule has 0 aromatic rings. The average molecular weight is 1380 g/mol. The number of carbonyl (C=O) groups excluding carboxylic acids is 7. The minimum atomic E-state index is -3.74. The summed E-state index contributed by atoms with van der Waals surface area (Å²) in [6.45, 7) is 14.9. The molecule has 0 aliphatic carbocycles. The van der Waals surface area contributed by atoms with Gasteiger partial charge in [-0.15, -0.1) is 4.76 Å². The minimum Gasteiger partial charge on any atom is -0.394 e. The van der Waals surface area contributed by atoms with Crippen LogP contribution in [0.3, 0.4) is 0 Å². The number of likely N-dealkylation sites (N-methyl/N-ethyl adjacent to an activating group) is 1. The monoisotopic (exact) mass is 1380 g/mol. The summed E-state index contributed by atoms with van der Waals surface area (Å²) in [6.07, 6.45) is 9.18. The molecule has 0 aromatic heterocycles. The van der Waals surface area contributed by atoms with Crippen LogP contribution in [0, 0.1) is 0 Å². The number of rotatable bonds is 56. The highest BCUT2D eigenvalue weighted by atomic mass is 31.2. The Morgan fingerprint density at radius 1 is 0.600 bits per heavy atom. The Morgan fingerprint density at radius 3 is 1.52 bits per heavy atom. The Balaban J connectivity index is 1.80. The van der Waals surface area contributed by atoms with Crippen molar-refractivity contribution in [2.75, 3.05) is 125 Å². The number of hydrogen-bond acceptors (Lipinski definition) is 20. The van der Waals surface area contributed by atoms with Crippen LogP contribution in [0.1, 0.15) is 189 Å². The van der Waals surface area contributed by atoms with Crippen LogP contribution in [0.2, 0.25) is 0 Å². The second-order valence-electron chi connectivity index (χ2n) is 25.8. The predicted octanol–water partition coefficient (Wildman–Crippen LogP) is 2.27. The van der Waals surface area contributed by atoms with Crippen LogP contribution in [0.4, 0.5) is 0 Å². The zero-order valence-corrected chi connectivity index (χ0v) is 59.3. The molecule has 2 aliphatic heterocycles. The molecule has 0 spiro atoms. The lowest BCUT2D eigenvalue weighted by atomic mass is 9.97. The van der Waals surface area contributed by atoms with E-state index in [1.54, 1.807) is 0 Å². The maximum atomic E-state index is 13.7. The third kappa shape index (κ3) is 41.4. The normalized spacial score (nSPS) is 18.6. The molecule has 552 valence electrons. The third-order valence-electron chi connectivity index (χ3n) is 15.2. The van der Waals surface area contributed by atoms with Gasteiger partial charge in [-0.3, -0.25) is 42.6 Å². The second kappa shape index (κ2) is 50.6. The van der Waals surface area contributed by atoms with Gasteiger partial charge in [-0.05, 0) is 105 Å². The summed E-state index contributed by atoms with van der Waals surface area (Å²) in [7, 11) is -1.81. The van der Waals surface area contributed by atoms with Gasteiger partial charge in [0.1, 0.15) is 29.9 Å². The Labute approximate surface area is 564 Å². The minimum absolute atomic E-state index is 0.0167. The van der Waals surface area contributed by atoms with Gasteiger partial charge in [0.2, 0.25) is 47.3 Å². The molecule has 6 atom stereocenters. The quantitative estimate of drug-likeness (QED) is 0.0307. The highest BCUT2D eigenvalue weighted by Crippen LogP contribution is 2.54. The molecule has 7 amide bonds. The highest BCUT2D eigenvalue weighted by molar-refractivity contribution is 7.52. The molecular weight excluding hydrogens is 1260 g/mol. The molecule has 0 aromatic carbocycles. The Hall–Kier alpha value is -4.69. The lowest BCUT2D eigenvalue weighted by Gasteiger charge is -2.42. The van der Waals surface area contributed by atoms with Crippen LogP contribution < -0.4 is 48.7 Å². The van der Waals surface area contributed by atoms with Gasteiger partial charge in [-0.2, -0.15) is 0 Å². The Morgan fingerprint density at radius 2 is 1.04 bits per heavy atom. The summed E-state index contributed by atoms with van der Waals surface area (Å²) in [5.74, 6) is -0.977. The van der Waals surface area contributed by atoms with E-state index >= 15 is 0 Å². The largest absolute Gasteiger partial charge is 0.457 e. The van der Waals surface area contributed by atoms with Crippen LogP contribution in [-0.4, -0.2) is 246 Å². The number of hydrogen-bond donors (Lipinski definition) is 12. The van der Waals surface area contributed by atoms with Crippen molar-refractivity contribution in [3.63, 3.8) is 0 Å². The number of nitrogens with two attached hydrogens (primary N) is 2. The first kappa shape index (κ1) is 86.4. The summed E-state index contributed by atoms with van der Waals surface area (Å²) in [5.41, 5.74) is 9.20. The van der Waals surface area contributed by atoms with Gasteiger partial charge in [0.25, 0.3) is 0 Å². The van der Waals surface area contributed by atoms with Gasteiger partial charge in [0.05, 0.1) is 58.0 Å². The van der Waals surface area contributed by atoms with Gasteiger partial charge in [-0.1, -0.05) is 51.4 Å². The van der Waals surface area contributed by atoms with E-state index in [0.717, 1.165) is 90.3 Å². The highest BCUT2D eigenvalue weighted by Gasteiger charge is 2.45. The fourth-order valence-electron chi connectivity index (χ4n) is 10.2. The van der Waals surface area contributed by atoms with Crippen LogP contribution in [0.25, 0.3) is 0 Å². The van der Waals surface area contributed by atoms with E-state index < -0.39 is 62.0 Å². The first-order valence-electron chi connectivity index (χ1n) is 34.7. The average Bonchev–Trinajstić information content (AvgIpc) is 1.76. The van der Waals surface area contributed by atoms with Crippen molar-refractivity contribution in [1.29, 1.82) is 0 Å². The fourth-order valence-corrected chi connectivity index (χ4v) is 12.1. The van der Waals surface area contributed by atoms with Crippen molar-refractivity contribution in [1.82, 2.24) is 47.0 Å². The van der Waals surface area contributed by atoms with Crippen molar-refractivity contribution in [2.45, 2.75) is 237 Å².